The predicted octanol–water partition coefficient (Wildman–Crippen LogP) is 3.47. The fourth-order valence-corrected chi connectivity index (χ4v) is 2.12. The van der Waals surface area contributed by atoms with Crippen molar-refractivity contribution in [1.29, 1.82) is 0 Å². The highest BCUT2D eigenvalue weighted by Gasteiger charge is 2.32. The van der Waals surface area contributed by atoms with E-state index in [2.05, 4.69) is 20.4 Å². The highest BCUT2D eigenvalue weighted by Crippen LogP contribution is 2.21. The van der Waals surface area contributed by atoms with Crippen LogP contribution in [0.3, 0.4) is 0 Å². The van der Waals surface area contributed by atoms with E-state index in [0.717, 1.165) is 0 Å². The van der Waals surface area contributed by atoms with Gasteiger partial charge in [0.05, 0.1) is 12.1 Å². The van der Waals surface area contributed by atoms with Gasteiger partial charge in [0.2, 0.25) is 0 Å². The molecule has 0 aromatic carbocycles. The van der Waals surface area contributed by atoms with Crippen molar-refractivity contribution in [2.24, 2.45) is 5.92 Å². The number of carbonyl (C=O) groups is 1. The maximum Gasteiger partial charge on any atom is 0.410 e. The third-order valence-corrected chi connectivity index (χ3v) is 2.89. The summed E-state index contributed by atoms with van der Waals surface area (Å²) in [6, 6.07) is -0.0437. The van der Waals surface area contributed by atoms with Crippen LogP contribution in [0.4, 0.5) is 4.79 Å². The van der Waals surface area contributed by atoms with E-state index in [1.54, 1.807) is 19.1 Å². The minimum atomic E-state index is -0.492. The fraction of sp³-hybridized carbons (Fsp3) is 0.800. The summed E-state index contributed by atoms with van der Waals surface area (Å²) in [7, 11) is 3.42. The highest BCUT2D eigenvalue weighted by atomic mass is 16.6. The minimum absolute atomic E-state index is 0.0437. The van der Waals surface area contributed by atoms with E-state index in [1.807, 2.05) is 26.8 Å². The Morgan fingerprint density at radius 1 is 1.37 bits per heavy atom. The van der Waals surface area contributed by atoms with Gasteiger partial charge < -0.3 is 14.4 Å². The molecule has 2 atom stereocenters. The number of likely N-dealkylation sites (N-methyl/N-ethyl adjacent to an activating group) is 1. The summed E-state index contributed by atoms with van der Waals surface area (Å²) < 4.78 is 10.9. The van der Waals surface area contributed by atoms with Gasteiger partial charge in [-0.15, -0.1) is 6.58 Å². The Morgan fingerprint density at radius 2 is 1.89 bits per heavy atom. The molecule has 0 saturated heterocycles. The molecule has 0 radical (unpaired) electrons. The summed E-state index contributed by atoms with van der Waals surface area (Å²) in [5.74, 6) is 0.266. The Balaban J connectivity index is 4.96. The van der Waals surface area contributed by atoms with E-state index in [0.29, 0.717) is 6.42 Å². The number of methoxy groups -OCH3 is 1. The summed E-state index contributed by atoms with van der Waals surface area (Å²) in [6.07, 6.45) is 2.12. The van der Waals surface area contributed by atoms with Gasteiger partial charge in [0.25, 0.3) is 0 Å². The van der Waals surface area contributed by atoms with Crippen LogP contribution >= 0.6 is 0 Å². The first-order valence-corrected chi connectivity index (χ1v) is 6.73. The van der Waals surface area contributed by atoms with Crippen molar-refractivity contribution in [1.82, 2.24) is 4.90 Å². The molecule has 0 aromatic rings. The van der Waals surface area contributed by atoms with Gasteiger partial charge in [0.1, 0.15) is 5.60 Å². The molecule has 0 spiro atoms. The predicted molar refractivity (Wildman–Crippen MR) is 78.2 cm³/mol. The van der Waals surface area contributed by atoms with Gasteiger partial charge in [0, 0.05) is 14.2 Å². The third-order valence-electron chi connectivity index (χ3n) is 2.89. The first kappa shape index (κ1) is 18.0. The first-order valence-electron chi connectivity index (χ1n) is 6.73. The van der Waals surface area contributed by atoms with Crippen LogP contribution in [0.1, 0.15) is 41.0 Å². The molecule has 0 aromatic heterocycles. The second kappa shape index (κ2) is 7.53. The Morgan fingerprint density at radius 3 is 2.21 bits per heavy atom. The molecule has 0 aliphatic heterocycles. The average Bonchev–Trinajstić information content (AvgIpc) is 2.25. The van der Waals surface area contributed by atoms with Gasteiger partial charge >= 0.3 is 6.09 Å². The molecule has 0 rings (SSSR count). The molecule has 0 saturated carbocycles. The van der Waals surface area contributed by atoms with E-state index in [4.69, 9.17) is 9.47 Å². The lowest BCUT2D eigenvalue weighted by atomic mass is 9.95. The summed E-state index contributed by atoms with van der Waals surface area (Å²) in [6.45, 7) is 13.5. The first-order chi connectivity index (χ1) is 8.64. The third kappa shape index (κ3) is 6.10. The zero-order valence-electron chi connectivity index (χ0n) is 13.4. The zero-order valence-corrected chi connectivity index (χ0v) is 13.4. The number of carbonyl (C=O) groups excluding carboxylic acids is 1. The highest BCUT2D eigenvalue weighted by molar-refractivity contribution is 5.68. The maximum absolute atomic E-state index is 12.2. The van der Waals surface area contributed by atoms with E-state index < -0.39 is 5.60 Å². The summed E-state index contributed by atoms with van der Waals surface area (Å²) in [4.78, 5) is 13.8. The van der Waals surface area contributed by atoms with Crippen LogP contribution in [0.15, 0.2) is 12.7 Å². The second-order valence-electron chi connectivity index (χ2n) is 6.12. The summed E-state index contributed by atoms with van der Waals surface area (Å²) >= 11 is 0. The molecule has 4 heteroatoms. The standard InChI is InChI=1S/C15H29NO3/c1-9-10-12(18-8)13(11(2)3)16(7)14(17)19-15(4,5)6/h9,11-13H,1,10H2,2-8H3/t12-,13+/m1/s1. The van der Waals surface area contributed by atoms with Crippen molar-refractivity contribution in [3.8, 4) is 0 Å². The van der Waals surface area contributed by atoms with Crippen LogP contribution in [0.5, 0.6) is 0 Å². The van der Waals surface area contributed by atoms with Crippen molar-refractivity contribution >= 4 is 6.09 Å². The van der Waals surface area contributed by atoms with Gasteiger partial charge in [-0.05, 0) is 33.1 Å². The molecule has 0 heterocycles. The monoisotopic (exact) mass is 271 g/mol. The molecule has 1 amide bonds. The Labute approximate surface area is 117 Å². The molecule has 0 fully saturated rings. The van der Waals surface area contributed by atoms with Crippen molar-refractivity contribution in [3.63, 3.8) is 0 Å². The number of hydrogen-bond acceptors (Lipinski definition) is 3. The van der Waals surface area contributed by atoms with Crippen LogP contribution in [-0.2, 0) is 9.47 Å². The van der Waals surface area contributed by atoms with Crippen LogP contribution in [-0.4, -0.2) is 42.9 Å². The van der Waals surface area contributed by atoms with Crippen molar-refractivity contribution in [2.45, 2.75) is 58.8 Å². The number of nitrogens with zero attached hydrogens (tertiary/aromatic N) is 1. The lowest BCUT2D eigenvalue weighted by Gasteiger charge is -2.37. The number of ether oxygens (including phenoxy) is 2. The molecule has 0 unspecified atom stereocenters. The van der Waals surface area contributed by atoms with Crippen LogP contribution in [0, 0.1) is 5.92 Å². The minimum Gasteiger partial charge on any atom is -0.444 e. The molecule has 0 aliphatic carbocycles. The molecular formula is C15H29NO3. The van der Waals surface area contributed by atoms with Gasteiger partial charge in [-0.25, -0.2) is 4.79 Å². The number of amides is 1. The van der Waals surface area contributed by atoms with Gasteiger partial charge in [-0.3, -0.25) is 0 Å². The maximum atomic E-state index is 12.2. The molecule has 4 nitrogen and oxygen atoms in total. The zero-order chi connectivity index (χ0) is 15.2. The van der Waals surface area contributed by atoms with Gasteiger partial charge in [-0.2, -0.15) is 0 Å². The van der Waals surface area contributed by atoms with E-state index in [-0.39, 0.29) is 24.2 Å². The SMILES string of the molecule is C=CC[C@@H](OC)[C@H](C(C)C)N(C)C(=O)OC(C)(C)C. The topological polar surface area (TPSA) is 38.8 Å². The normalized spacial score (nSPS) is 14.9. The Bertz CT molecular complexity index is 294. The van der Waals surface area contributed by atoms with E-state index >= 15 is 0 Å². The molecule has 19 heavy (non-hydrogen) atoms. The van der Waals surface area contributed by atoms with E-state index in [9.17, 15) is 4.79 Å². The summed E-state index contributed by atoms with van der Waals surface area (Å²) in [5.41, 5.74) is -0.492. The molecule has 112 valence electrons. The fourth-order valence-electron chi connectivity index (χ4n) is 2.12. The van der Waals surface area contributed by atoms with E-state index in [1.165, 1.54) is 0 Å². The van der Waals surface area contributed by atoms with Crippen molar-refractivity contribution in [2.75, 3.05) is 14.2 Å². The molecular weight excluding hydrogens is 242 g/mol. The number of rotatable bonds is 6. The lowest BCUT2D eigenvalue weighted by Crippen LogP contribution is -2.49. The molecule has 0 aliphatic rings. The summed E-state index contributed by atoms with van der Waals surface area (Å²) in [5, 5.41) is 0. The van der Waals surface area contributed by atoms with Crippen molar-refractivity contribution < 1.29 is 14.3 Å². The largest absolute Gasteiger partial charge is 0.444 e. The van der Waals surface area contributed by atoms with Gasteiger partial charge in [0.15, 0.2) is 0 Å². The van der Waals surface area contributed by atoms with Crippen molar-refractivity contribution in [3.05, 3.63) is 12.7 Å². The van der Waals surface area contributed by atoms with Crippen LogP contribution in [0.25, 0.3) is 0 Å². The quantitative estimate of drug-likeness (QED) is 0.694. The average molecular weight is 271 g/mol. The molecule has 0 N–H and O–H groups in total. The van der Waals surface area contributed by atoms with Gasteiger partial charge in [-0.1, -0.05) is 19.9 Å². The second-order valence-corrected chi connectivity index (χ2v) is 6.12. The lowest BCUT2D eigenvalue weighted by molar-refractivity contribution is -0.0200. The van der Waals surface area contributed by atoms with Crippen LogP contribution in [0.2, 0.25) is 0 Å². The Hall–Kier alpha value is -1.03. The smallest absolute Gasteiger partial charge is 0.410 e. The Kier molecular flexibility index (Phi) is 7.12. The number of hydrogen-bond donors (Lipinski definition) is 0. The van der Waals surface area contributed by atoms with Crippen LogP contribution < -0.4 is 0 Å². The molecule has 0 bridgehead atoms.